The molecule has 0 aliphatic carbocycles. The highest BCUT2D eigenvalue weighted by Crippen LogP contribution is 2.38. The summed E-state index contributed by atoms with van der Waals surface area (Å²) < 4.78 is 23.1. The van der Waals surface area contributed by atoms with Crippen molar-refractivity contribution in [3.05, 3.63) is 0 Å². The minimum atomic E-state index is -4.54. The van der Waals surface area contributed by atoms with Gasteiger partial charge in [0.2, 0.25) is 5.91 Å². The van der Waals surface area contributed by atoms with E-state index in [9.17, 15) is 19.4 Å². The van der Waals surface area contributed by atoms with E-state index >= 15 is 0 Å². The molecule has 324 valence electrons. The predicted octanol–water partition coefficient (Wildman–Crippen LogP) is 12.3. The highest BCUT2D eigenvalue weighted by atomic mass is 31.2. The molecule has 3 atom stereocenters. The number of phosphoric ester groups is 1. The van der Waals surface area contributed by atoms with Crippen molar-refractivity contribution in [3.63, 3.8) is 0 Å². The van der Waals surface area contributed by atoms with Crippen molar-refractivity contribution in [1.82, 2.24) is 5.32 Å². The summed E-state index contributed by atoms with van der Waals surface area (Å²) in [4.78, 5) is 24.9. The van der Waals surface area contributed by atoms with Crippen LogP contribution >= 0.6 is 7.82 Å². The van der Waals surface area contributed by atoms with E-state index in [0.717, 1.165) is 44.9 Å². The van der Waals surface area contributed by atoms with Crippen molar-refractivity contribution in [2.75, 3.05) is 40.9 Å². The lowest BCUT2D eigenvalue weighted by Gasteiger charge is -2.30. The van der Waals surface area contributed by atoms with Gasteiger partial charge in [-0.25, -0.2) is 0 Å². The van der Waals surface area contributed by atoms with Crippen LogP contribution in [-0.2, 0) is 18.4 Å². The molecule has 0 radical (unpaired) electrons. The van der Waals surface area contributed by atoms with Crippen LogP contribution in [0.2, 0.25) is 0 Å². The molecule has 0 aromatic heterocycles. The molecule has 0 heterocycles. The molecule has 2 N–H and O–H groups in total. The average Bonchev–Trinajstić information content (AvgIpc) is 3.12. The Balaban J connectivity index is 3.84. The van der Waals surface area contributed by atoms with Gasteiger partial charge in [0.1, 0.15) is 13.2 Å². The van der Waals surface area contributed by atoms with E-state index < -0.39 is 20.0 Å². The highest BCUT2D eigenvalue weighted by molar-refractivity contribution is 7.45. The zero-order chi connectivity index (χ0) is 40.0. The lowest BCUT2D eigenvalue weighted by molar-refractivity contribution is -0.870. The zero-order valence-electron chi connectivity index (χ0n) is 36.7. The lowest BCUT2D eigenvalue weighted by atomic mass is 10.0. The Morgan fingerprint density at radius 3 is 1.26 bits per heavy atom. The molecule has 0 aliphatic heterocycles. The number of aliphatic hydroxyl groups excluding tert-OH is 1. The maximum absolute atomic E-state index is 12.6. The third kappa shape index (κ3) is 39.7. The van der Waals surface area contributed by atoms with E-state index in [0.29, 0.717) is 23.9 Å². The minimum Gasteiger partial charge on any atom is -0.756 e. The summed E-state index contributed by atoms with van der Waals surface area (Å²) in [5.74, 6) is -0.180. The first-order chi connectivity index (χ1) is 26.0. The maximum atomic E-state index is 12.6. The van der Waals surface area contributed by atoms with Crippen LogP contribution in [0.25, 0.3) is 0 Å². The van der Waals surface area contributed by atoms with Crippen LogP contribution in [0.15, 0.2) is 0 Å². The number of rotatable bonds is 43. The molecule has 9 heteroatoms. The van der Waals surface area contributed by atoms with Crippen LogP contribution in [0.3, 0.4) is 0 Å². The Kier molecular flexibility index (Phi) is 37.7. The number of phosphoric acid groups is 1. The van der Waals surface area contributed by atoms with Crippen molar-refractivity contribution >= 4 is 13.7 Å². The Hall–Kier alpha value is -0.500. The molecule has 0 spiro atoms. The van der Waals surface area contributed by atoms with Gasteiger partial charge in [0, 0.05) is 6.42 Å². The molecule has 3 unspecified atom stereocenters. The number of carbonyl (C=O) groups is 1. The van der Waals surface area contributed by atoms with Gasteiger partial charge in [0.25, 0.3) is 7.82 Å². The molecule has 0 rings (SSSR count). The average molecular weight is 789 g/mol. The summed E-state index contributed by atoms with van der Waals surface area (Å²) in [5, 5.41) is 13.8. The summed E-state index contributed by atoms with van der Waals surface area (Å²) >= 11 is 0. The number of nitrogens with zero attached hydrogens (tertiary/aromatic N) is 1. The first-order valence-electron chi connectivity index (χ1n) is 23.4. The van der Waals surface area contributed by atoms with Crippen molar-refractivity contribution in [2.24, 2.45) is 0 Å². The number of likely N-dealkylation sites (N-methyl/N-ethyl adjacent to an activating group) is 1. The van der Waals surface area contributed by atoms with Gasteiger partial charge in [-0.1, -0.05) is 213 Å². The molecule has 0 aliphatic rings. The third-order valence-electron chi connectivity index (χ3n) is 10.8. The van der Waals surface area contributed by atoms with E-state index in [2.05, 4.69) is 19.2 Å². The molecular weight excluding hydrogens is 695 g/mol. The molecule has 0 aromatic carbocycles. The van der Waals surface area contributed by atoms with E-state index in [1.54, 1.807) is 0 Å². The number of amides is 1. The van der Waals surface area contributed by atoms with Crippen LogP contribution in [0.1, 0.15) is 232 Å². The van der Waals surface area contributed by atoms with E-state index in [4.69, 9.17) is 9.05 Å². The van der Waals surface area contributed by atoms with Gasteiger partial charge in [0.15, 0.2) is 0 Å². The van der Waals surface area contributed by atoms with Crippen LogP contribution in [-0.4, -0.2) is 68.5 Å². The normalized spacial score (nSPS) is 14.3. The number of nitrogens with one attached hydrogen (secondary N) is 1. The van der Waals surface area contributed by atoms with Crippen molar-refractivity contribution in [2.45, 2.75) is 244 Å². The zero-order valence-corrected chi connectivity index (χ0v) is 37.6. The van der Waals surface area contributed by atoms with E-state index in [-0.39, 0.29) is 19.1 Å². The second kappa shape index (κ2) is 38.0. The topological polar surface area (TPSA) is 108 Å². The molecular formula is C45H93N2O6P. The smallest absolute Gasteiger partial charge is 0.268 e. The number of quaternary nitrogens is 1. The van der Waals surface area contributed by atoms with Crippen molar-refractivity contribution in [3.8, 4) is 0 Å². The fraction of sp³-hybridized carbons (Fsp3) is 0.978. The van der Waals surface area contributed by atoms with Gasteiger partial charge in [-0.3, -0.25) is 9.36 Å². The molecule has 0 aromatic rings. The number of unbranched alkanes of at least 4 members (excludes halogenated alkanes) is 30. The predicted molar refractivity (Wildman–Crippen MR) is 229 cm³/mol. The fourth-order valence-corrected chi connectivity index (χ4v) is 7.82. The number of hydrogen-bond acceptors (Lipinski definition) is 6. The summed E-state index contributed by atoms with van der Waals surface area (Å²) in [6.45, 7) is 4.61. The molecule has 0 saturated carbocycles. The van der Waals surface area contributed by atoms with Crippen molar-refractivity contribution < 1.29 is 32.9 Å². The van der Waals surface area contributed by atoms with Crippen LogP contribution in [0.5, 0.6) is 0 Å². The Morgan fingerprint density at radius 1 is 0.574 bits per heavy atom. The molecule has 0 saturated heterocycles. The standard InChI is InChI=1S/C45H93N2O6P/c1-6-8-10-12-13-14-15-16-17-18-19-20-21-22-23-24-25-26-27-28-29-30-31-32-33-34-35-36-38-44(48)43(46-45(49)39-37-11-9-7-2)42-53-54(50,51)52-41-40-47(3,4)5/h43-44,48H,6-42H2,1-5H3,(H-,46,49,50,51). The number of carbonyl (C=O) groups excluding carboxylic acids is 1. The summed E-state index contributed by atoms with van der Waals surface area (Å²) in [5.41, 5.74) is 0. The van der Waals surface area contributed by atoms with Crippen LogP contribution in [0, 0.1) is 0 Å². The Bertz CT molecular complexity index is 855. The van der Waals surface area contributed by atoms with Crippen molar-refractivity contribution in [1.29, 1.82) is 0 Å². The maximum Gasteiger partial charge on any atom is 0.268 e. The highest BCUT2D eigenvalue weighted by Gasteiger charge is 2.24. The molecule has 1 amide bonds. The minimum absolute atomic E-state index is 0.0148. The Morgan fingerprint density at radius 2 is 0.907 bits per heavy atom. The largest absolute Gasteiger partial charge is 0.756 e. The first-order valence-corrected chi connectivity index (χ1v) is 24.8. The first kappa shape index (κ1) is 53.5. The lowest BCUT2D eigenvalue weighted by Crippen LogP contribution is -2.46. The van der Waals surface area contributed by atoms with Gasteiger partial charge in [0.05, 0.1) is 39.9 Å². The molecule has 0 fully saturated rings. The Labute approximate surface area is 336 Å². The summed E-state index contributed by atoms with van der Waals surface area (Å²) in [7, 11) is 1.31. The van der Waals surface area contributed by atoms with E-state index in [1.807, 2.05) is 21.1 Å². The van der Waals surface area contributed by atoms with Gasteiger partial charge in [-0.05, 0) is 12.8 Å². The number of aliphatic hydroxyl groups is 1. The van der Waals surface area contributed by atoms with Gasteiger partial charge < -0.3 is 28.8 Å². The second-order valence-corrected chi connectivity index (χ2v) is 18.9. The molecule has 0 bridgehead atoms. The SMILES string of the molecule is CCCCCCCCCCCCCCCCCCCCCCCCCCCCCCC(O)C(COP(=O)([O-])OCC[N+](C)(C)C)NC(=O)CCCCCC. The molecule has 8 nitrogen and oxygen atoms in total. The van der Waals surface area contributed by atoms with Crippen LogP contribution in [0.4, 0.5) is 0 Å². The molecule has 54 heavy (non-hydrogen) atoms. The third-order valence-corrected chi connectivity index (χ3v) is 11.8. The summed E-state index contributed by atoms with van der Waals surface area (Å²) in [6.07, 6.45) is 41.9. The monoisotopic (exact) mass is 789 g/mol. The van der Waals surface area contributed by atoms with Gasteiger partial charge in [-0.15, -0.1) is 0 Å². The van der Waals surface area contributed by atoms with Gasteiger partial charge in [-0.2, -0.15) is 0 Å². The fourth-order valence-electron chi connectivity index (χ4n) is 7.10. The quantitative estimate of drug-likeness (QED) is 0.0362. The number of hydrogen-bond donors (Lipinski definition) is 2. The second-order valence-electron chi connectivity index (χ2n) is 17.5. The van der Waals surface area contributed by atoms with Gasteiger partial charge >= 0.3 is 0 Å². The van der Waals surface area contributed by atoms with E-state index in [1.165, 1.54) is 161 Å². The summed E-state index contributed by atoms with van der Waals surface area (Å²) in [6, 6.07) is -0.790. The van der Waals surface area contributed by atoms with Crippen LogP contribution < -0.4 is 10.2 Å².